The summed E-state index contributed by atoms with van der Waals surface area (Å²) in [7, 11) is 7.42. The van der Waals surface area contributed by atoms with Gasteiger partial charge in [0.1, 0.15) is 0 Å². The van der Waals surface area contributed by atoms with E-state index in [0.29, 0.717) is 0 Å². The van der Waals surface area contributed by atoms with Gasteiger partial charge in [0.25, 0.3) is 0 Å². The Bertz CT molecular complexity index is 102. The smallest absolute Gasteiger partial charge is 0.338 e. The third-order valence-electron chi connectivity index (χ3n) is 0.982. The molecule has 0 aliphatic rings. The summed E-state index contributed by atoms with van der Waals surface area (Å²) in [5.41, 5.74) is 0. The number of carbonyl (C=O) groups is 1. The van der Waals surface area contributed by atoms with Crippen molar-refractivity contribution in [3.05, 3.63) is 7.11 Å². The minimum absolute atomic E-state index is 0.145. The lowest BCUT2D eigenvalue weighted by Gasteiger charge is -2.09. The Morgan fingerprint density at radius 2 is 2.20 bits per heavy atom. The predicted octanol–water partition coefficient (Wildman–Crippen LogP) is -0.140. The topological polar surface area (TPSA) is 44.8 Å². The molecule has 0 saturated carbocycles. The van der Waals surface area contributed by atoms with Gasteiger partial charge in [-0.2, -0.15) is 0 Å². The van der Waals surface area contributed by atoms with Crippen LogP contribution in [-0.2, 0) is 19.0 Å². The molecular formula is C6H10O4. The van der Waals surface area contributed by atoms with Crippen molar-refractivity contribution >= 4 is 5.97 Å². The third kappa shape index (κ3) is 2.80. The molecular weight excluding hydrogens is 136 g/mol. The van der Waals surface area contributed by atoms with E-state index in [9.17, 15) is 4.79 Å². The van der Waals surface area contributed by atoms with E-state index < -0.39 is 12.1 Å². The fourth-order valence-corrected chi connectivity index (χ4v) is 0.460. The van der Waals surface area contributed by atoms with Crippen LogP contribution in [0.2, 0.25) is 0 Å². The molecule has 0 aromatic carbocycles. The summed E-state index contributed by atoms with van der Waals surface area (Å²) in [4.78, 5) is 10.6. The van der Waals surface area contributed by atoms with Crippen molar-refractivity contribution in [1.29, 1.82) is 0 Å². The van der Waals surface area contributed by atoms with Crippen molar-refractivity contribution in [3.8, 4) is 0 Å². The number of hydrogen-bond donors (Lipinski definition) is 0. The molecule has 0 amide bonds. The summed E-state index contributed by atoms with van der Waals surface area (Å²) in [6.45, 7) is 0.145. The second-order valence-electron chi connectivity index (χ2n) is 1.62. The standard InChI is InChI=1S/C6H10O4/c1-8-4-5(9-2)6(7)10-3/h3,5H,4H2,1-2H3. The van der Waals surface area contributed by atoms with Crippen molar-refractivity contribution in [1.82, 2.24) is 0 Å². The first-order valence-electron chi connectivity index (χ1n) is 2.68. The normalized spacial score (nSPS) is 12.7. The zero-order chi connectivity index (χ0) is 7.98. The maximum atomic E-state index is 10.6. The average Bonchev–Trinajstić information content (AvgIpc) is 1.99. The molecule has 0 N–H and O–H groups in total. The molecule has 0 rings (SSSR count). The van der Waals surface area contributed by atoms with Crippen molar-refractivity contribution in [2.75, 3.05) is 20.8 Å². The molecule has 58 valence electrons. The fourth-order valence-electron chi connectivity index (χ4n) is 0.460. The number of methoxy groups -OCH3 is 2. The van der Waals surface area contributed by atoms with Crippen LogP contribution in [-0.4, -0.2) is 32.9 Å². The minimum atomic E-state index is -0.727. The van der Waals surface area contributed by atoms with Gasteiger partial charge < -0.3 is 14.2 Å². The van der Waals surface area contributed by atoms with E-state index in [-0.39, 0.29) is 6.61 Å². The maximum Gasteiger partial charge on any atom is 0.338 e. The lowest BCUT2D eigenvalue weighted by molar-refractivity contribution is -0.152. The van der Waals surface area contributed by atoms with E-state index in [1.807, 2.05) is 0 Å². The molecule has 2 radical (unpaired) electrons. The van der Waals surface area contributed by atoms with Gasteiger partial charge in [0.15, 0.2) is 13.2 Å². The summed E-state index contributed by atoms with van der Waals surface area (Å²) in [5, 5.41) is 0. The van der Waals surface area contributed by atoms with Crippen LogP contribution in [0.4, 0.5) is 0 Å². The van der Waals surface area contributed by atoms with Crippen LogP contribution in [0, 0.1) is 7.11 Å². The van der Waals surface area contributed by atoms with Crippen LogP contribution < -0.4 is 0 Å². The van der Waals surface area contributed by atoms with E-state index in [4.69, 9.17) is 0 Å². The van der Waals surface area contributed by atoms with E-state index in [1.54, 1.807) is 0 Å². The van der Waals surface area contributed by atoms with Crippen molar-refractivity contribution in [2.24, 2.45) is 0 Å². The molecule has 10 heavy (non-hydrogen) atoms. The zero-order valence-electron chi connectivity index (χ0n) is 5.99. The fraction of sp³-hybridized carbons (Fsp3) is 0.667. The Kier molecular flexibility index (Phi) is 4.88. The number of rotatable bonds is 4. The van der Waals surface area contributed by atoms with Crippen LogP contribution >= 0.6 is 0 Å². The van der Waals surface area contributed by atoms with E-state index in [1.165, 1.54) is 14.2 Å². The van der Waals surface area contributed by atoms with E-state index in [0.717, 1.165) is 0 Å². The molecule has 4 nitrogen and oxygen atoms in total. The number of hydrogen-bond acceptors (Lipinski definition) is 4. The van der Waals surface area contributed by atoms with Gasteiger partial charge in [0.2, 0.25) is 0 Å². The van der Waals surface area contributed by atoms with Gasteiger partial charge in [-0.1, -0.05) is 0 Å². The highest BCUT2D eigenvalue weighted by molar-refractivity contribution is 5.74. The van der Waals surface area contributed by atoms with Gasteiger partial charge >= 0.3 is 5.97 Å². The van der Waals surface area contributed by atoms with Gasteiger partial charge in [-0.15, -0.1) is 0 Å². The SMILES string of the molecule is [CH]OC(=O)C(COC)OC. The molecule has 0 aromatic heterocycles. The first-order chi connectivity index (χ1) is 4.76. The number of carbonyl (C=O) groups excluding carboxylic acids is 1. The summed E-state index contributed by atoms with van der Waals surface area (Å²) >= 11 is 0. The summed E-state index contributed by atoms with van der Waals surface area (Å²) in [6, 6.07) is 0. The molecule has 0 aromatic rings. The first kappa shape index (κ1) is 9.39. The molecule has 4 heteroatoms. The molecule has 0 aliphatic carbocycles. The van der Waals surface area contributed by atoms with Gasteiger partial charge in [0, 0.05) is 14.2 Å². The predicted molar refractivity (Wildman–Crippen MR) is 33.1 cm³/mol. The zero-order valence-corrected chi connectivity index (χ0v) is 5.99. The Morgan fingerprint density at radius 3 is 2.50 bits per heavy atom. The first-order valence-corrected chi connectivity index (χ1v) is 2.68. The molecule has 1 atom stereocenters. The second kappa shape index (κ2) is 5.20. The summed E-state index contributed by atoms with van der Waals surface area (Å²) in [5.74, 6) is -0.635. The summed E-state index contributed by atoms with van der Waals surface area (Å²) in [6.07, 6.45) is -0.727. The van der Waals surface area contributed by atoms with Gasteiger partial charge in [0.05, 0.1) is 6.61 Å². The van der Waals surface area contributed by atoms with Gasteiger partial charge in [-0.3, -0.25) is 0 Å². The van der Waals surface area contributed by atoms with Crippen molar-refractivity contribution in [3.63, 3.8) is 0 Å². The molecule has 0 heterocycles. The van der Waals surface area contributed by atoms with Crippen LogP contribution in [0.1, 0.15) is 0 Å². The Hall–Kier alpha value is -0.610. The molecule has 1 unspecified atom stereocenters. The number of ether oxygens (including phenoxy) is 3. The van der Waals surface area contributed by atoms with E-state index in [2.05, 4.69) is 21.3 Å². The largest absolute Gasteiger partial charge is 0.452 e. The molecule has 0 fully saturated rings. The Labute approximate surface area is 60.1 Å². The lowest BCUT2D eigenvalue weighted by Crippen LogP contribution is -2.28. The molecule has 0 spiro atoms. The van der Waals surface area contributed by atoms with Crippen LogP contribution in [0.5, 0.6) is 0 Å². The molecule has 0 aliphatic heterocycles. The van der Waals surface area contributed by atoms with Crippen molar-refractivity contribution < 1.29 is 19.0 Å². The molecule has 0 bridgehead atoms. The lowest BCUT2D eigenvalue weighted by atomic mass is 10.4. The monoisotopic (exact) mass is 146 g/mol. The third-order valence-corrected chi connectivity index (χ3v) is 0.982. The van der Waals surface area contributed by atoms with Gasteiger partial charge in [-0.05, 0) is 0 Å². The highest BCUT2D eigenvalue weighted by Gasteiger charge is 2.17. The van der Waals surface area contributed by atoms with Gasteiger partial charge in [-0.25, -0.2) is 4.79 Å². The highest BCUT2D eigenvalue weighted by atomic mass is 16.6. The Morgan fingerprint density at radius 1 is 1.60 bits per heavy atom. The van der Waals surface area contributed by atoms with E-state index >= 15 is 0 Å². The van der Waals surface area contributed by atoms with Crippen LogP contribution in [0.3, 0.4) is 0 Å². The summed E-state index contributed by atoms with van der Waals surface area (Å²) < 4.78 is 13.2. The number of esters is 1. The van der Waals surface area contributed by atoms with Crippen LogP contribution in [0.25, 0.3) is 0 Å². The maximum absolute atomic E-state index is 10.6. The van der Waals surface area contributed by atoms with Crippen LogP contribution in [0.15, 0.2) is 0 Å². The second-order valence-corrected chi connectivity index (χ2v) is 1.62. The Balaban J connectivity index is 3.68. The highest BCUT2D eigenvalue weighted by Crippen LogP contribution is 1.93. The molecule has 0 saturated heterocycles. The minimum Gasteiger partial charge on any atom is -0.452 e. The quantitative estimate of drug-likeness (QED) is 0.518. The van der Waals surface area contributed by atoms with Crippen molar-refractivity contribution in [2.45, 2.75) is 6.10 Å². The average molecular weight is 146 g/mol.